The molecule has 3 aromatic rings. The molecule has 3 rings (SSSR count). The first-order chi connectivity index (χ1) is 16.2. The second-order valence-corrected chi connectivity index (χ2v) is 8.17. The summed E-state index contributed by atoms with van der Waals surface area (Å²) in [5.74, 6) is 2.00. The fourth-order valence-electron chi connectivity index (χ4n) is 3.32. The molecule has 0 atom stereocenters. The summed E-state index contributed by atoms with van der Waals surface area (Å²) in [7, 11) is 10.5. The van der Waals surface area contributed by atoms with Gasteiger partial charge in [0.15, 0.2) is 0 Å². The molecule has 0 saturated carbocycles. The van der Waals surface area contributed by atoms with Gasteiger partial charge in [-0.05, 0) is 25.1 Å². The standard InChI is InChI=1S/C24H29ClN6O3/c1-15-18(33-6)12-19(34-7)22(25)23(15)28-24(32)31(5)21-13-20(26-14-27-21)30(4)17-10-8-9-16(11-17)29(2)3/h8-14H,1-7H3,(H,28,32). The molecule has 0 aliphatic carbocycles. The van der Waals surface area contributed by atoms with Gasteiger partial charge in [-0.3, -0.25) is 4.90 Å². The zero-order chi connectivity index (χ0) is 25.0. The van der Waals surface area contributed by atoms with Crippen LogP contribution in [0.3, 0.4) is 0 Å². The zero-order valence-electron chi connectivity index (χ0n) is 20.4. The zero-order valence-corrected chi connectivity index (χ0v) is 21.1. The van der Waals surface area contributed by atoms with Crippen LogP contribution in [0.15, 0.2) is 42.7 Å². The number of anilines is 5. The Morgan fingerprint density at radius 1 is 0.941 bits per heavy atom. The van der Waals surface area contributed by atoms with E-state index in [1.807, 2.05) is 49.1 Å². The van der Waals surface area contributed by atoms with E-state index in [0.717, 1.165) is 11.4 Å². The minimum absolute atomic E-state index is 0.284. The Labute approximate surface area is 204 Å². The number of hydrogen-bond donors (Lipinski definition) is 1. The number of carbonyl (C=O) groups excluding carboxylic acids is 1. The number of benzene rings is 2. The fourth-order valence-corrected chi connectivity index (χ4v) is 3.64. The second-order valence-electron chi connectivity index (χ2n) is 7.79. The third kappa shape index (κ3) is 5.09. The van der Waals surface area contributed by atoms with Crippen molar-refractivity contribution in [2.24, 2.45) is 0 Å². The molecule has 0 fully saturated rings. The van der Waals surface area contributed by atoms with Gasteiger partial charge in [0.05, 0.1) is 19.9 Å². The van der Waals surface area contributed by atoms with E-state index in [1.54, 1.807) is 33.2 Å². The highest BCUT2D eigenvalue weighted by atomic mass is 35.5. The molecular weight excluding hydrogens is 456 g/mol. The van der Waals surface area contributed by atoms with E-state index in [2.05, 4.69) is 21.4 Å². The van der Waals surface area contributed by atoms with E-state index < -0.39 is 6.03 Å². The van der Waals surface area contributed by atoms with Crippen LogP contribution in [0.5, 0.6) is 11.5 Å². The summed E-state index contributed by atoms with van der Waals surface area (Å²) < 4.78 is 10.7. The predicted molar refractivity (Wildman–Crippen MR) is 138 cm³/mol. The van der Waals surface area contributed by atoms with Gasteiger partial charge in [-0.2, -0.15) is 0 Å². The molecule has 180 valence electrons. The number of nitrogens with one attached hydrogen (secondary N) is 1. The van der Waals surface area contributed by atoms with E-state index in [1.165, 1.54) is 18.3 Å². The average molecular weight is 485 g/mol. The van der Waals surface area contributed by atoms with Crippen LogP contribution < -0.4 is 29.5 Å². The van der Waals surface area contributed by atoms with Crippen molar-refractivity contribution in [2.75, 3.05) is 62.4 Å². The molecule has 34 heavy (non-hydrogen) atoms. The lowest BCUT2D eigenvalue weighted by Crippen LogP contribution is -2.32. The summed E-state index contributed by atoms with van der Waals surface area (Å²) in [5, 5.41) is 3.13. The molecule has 9 nitrogen and oxygen atoms in total. The van der Waals surface area contributed by atoms with Gasteiger partial charge in [0.1, 0.15) is 34.5 Å². The number of urea groups is 1. The number of rotatable bonds is 7. The summed E-state index contributed by atoms with van der Waals surface area (Å²) in [5.41, 5.74) is 3.10. The first-order valence-corrected chi connectivity index (χ1v) is 10.8. The van der Waals surface area contributed by atoms with Crippen LogP contribution in [0.4, 0.5) is 33.5 Å². The van der Waals surface area contributed by atoms with Crippen LogP contribution >= 0.6 is 11.6 Å². The van der Waals surface area contributed by atoms with Crippen LogP contribution in [0, 0.1) is 6.92 Å². The molecule has 2 aromatic carbocycles. The molecule has 0 saturated heterocycles. The van der Waals surface area contributed by atoms with E-state index in [-0.39, 0.29) is 5.02 Å². The molecule has 1 aromatic heterocycles. The summed E-state index contributed by atoms with van der Waals surface area (Å²) >= 11 is 6.46. The SMILES string of the molecule is COc1cc(OC)c(Cl)c(NC(=O)N(C)c2cc(N(C)c3cccc(N(C)C)c3)ncn2)c1C. The van der Waals surface area contributed by atoms with Gasteiger partial charge in [0, 0.05) is 57.3 Å². The highest BCUT2D eigenvalue weighted by Gasteiger charge is 2.21. The quantitative estimate of drug-likeness (QED) is 0.507. The van der Waals surface area contributed by atoms with Crippen LogP contribution in [0.2, 0.25) is 5.02 Å². The monoisotopic (exact) mass is 484 g/mol. The third-order valence-electron chi connectivity index (χ3n) is 5.48. The lowest BCUT2D eigenvalue weighted by Gasteiger charge is -2.23. The topological polar surface area (TPSA) is 83.1 Å². The Bertz CT molecular complexity index is 1160. The Balaban J connectivity index is 1.86. The van der Waals surface area contributed by atoms with Crippen LogP contribution in [0.1, 0.15) is 5.56 Å². The molecule has 10 heteroatoms. The number of halogens is 1. The molecule has 1 N–H and O–H groups in total. The summed E-state index contributed by atoms with van der Waals surface area (Å²) in [6.45, 7) is 1.80. The molecule has 0 bridgehead atoms. The number of hydrogen-bond acceptors (Lipinski definition) is 7. The second kappa shape index (κ2) is 10.5. The van der Waals surface area contributed by atoms with Gasteiger partial charge < -0.3 is 24.6 Å². The van der Waals surface area contributed by atoms with Crippen molar-refractivity contribution < 1.29 is 14.3 Å². The van der Waals surface area contributed by atoms with Crippen LogP contribution in [0.25, 0.3) is 0 Å². The lowest BCUT2D eigenvalue weighted by molar-refractivity contribution is 0.258. The van der Waals surface area contributed by atoms with Crippen LogP contribution in [-0.4, -0.2) is 58.4 Å². The number of carbonyl (C=O) groups is 1. The molecule has 0 aliphatic rings. The maximum absolute atomic E-state index is 13.1. The molecule has 0 unspecified atom stereocenters. The van der Waals surface area contributed by atoms with Crippen molar-refractivity contribution in [1.29, 1.82) is 0 Å². The van der Waals surface area contributed by atoms with Crippen molar-refractivity contribution in [3.05, 3.63) is 53.3 Å². The highest BCUT2D eigenvalue weighted by molar-refractivity contribution is 6.35. The summed E-state index contributed by atoms with van der Waals surface area (Å²) in [6.07, 6.45) is 1.42. The summed E-state index contributed by atoms with van der Waals surface area (Å²) in [4.78, 5) is 27.1. The average Bonchev–Trinajstić information content (AvgIpc) is 2.85. The number of amides is 2. The molecule has 0 radical (unpaired) electrons. The first-order valence-electron chi connectivity index (χ1n) is 10.5. The maximum atomic E-state index is 13.1. The normalized spacial score (nSPS) is 10.5. The first kappa shape index (κ1) is 24.9. The van der Waals surface area contributed by atoms with Crippen LogP contribution in [-0.2, 0) is 0 Å². The largest absolute Gasteiger partial charge is 0.496 e. The maximum Gasteiger partial charge on any atom is 0.327 e. The van der Waals surface area contributed by atoms with Gasteiger partial charge in [-0.1, -0.05) is 17.7 Å². The van der Waals surface area contributed by atoms with Crippen molar-refractivity contribution in [2.45, 2.75) is 6.92 Å². The molecule has 2 amide bonds. The molecule has 0 aliphatic heterocycles. The Hall–Kier alpha value is -3.72. The number of nitrogens with zero attached hydrogens (tertiary/aromatic N) is 5. The van der Waals surface area contributed by atoms with Crippen molar-refractivity contribution in [1.82, 2.24) is 9.97 Å². The lowest BCUT2D eigenvalue weighted by atomic mass is 10.1. The molecule has 1 heterocycles. The third-order valence-corrected chi connectivity index (χ3v) is 5.85. The molecular formula is C24H29ClN6O3. The minimum atomic E-state index is -0.429. The van der Waals surface area contributed by atoms with E-state index in [4.69, 9.17) is 21.1 Å². The van der Waals surface area contributed by atoms with E-state index in [0.29, 0.717) is 34.4 Å². The van der Waals surface area contributed by atoms with Gasteiger partial charge in [-0.25, -0.2) is 14.8 Å². The summed E-state index contributed by atoms with van der Waals surface area (Å²) in [6, 6.07) is 11.0. The Kier molecular flexibility index (Phi) is 7.68. The Morgan fingerprint density at radius 2 is 1.59 bits per heavy atom. The van der Waals surface area contributed by atoms with Crippen molar-refractivity contribution in [3.63, 3.8) is 0 Å². The predicted octanol–water partition coefficient (Wildman–Crippen LogP) is 4.96. The molecule has 0 spiro atoms. The van der Waals surface area contributed by atoms with Crippen molar-refractivity contribution in [3.8, 4) is 11.5 Å². The minimum Gasteiger partial charge on any atom is -0.496 e. The van der Waals surface area contributed by atoms with E-state index in [9.17, 15) is 4.79 Å². The number of aromatic nitrogens is 2. The van der Waals surface area contributed by atoms with Crippen molar-refractivity contribution >= 4 is 46.3 Å². The fraction of sp³-hybridized carbons (Fsp3) is 0.292. The van der Waals surface area contributed by atoms with Gasteiger partial charge in [-0.15, -0.1) is 0 Å². The van der Waals surface area contributed by atoms with E-state index >= 15 is 0 Å². The van der Waals surface area contributed by atoms with Gasteiger partial charge in [0.2, 0.25) is 0 Å². The number of methoxy groups -OCH3 is 2. The van der Waals surface area contributed by atoms with Gasteiger partial charge in [0.25, 0.3) is 0 Å². The Morgan fingerprint density at radius 3 is 2.24 bits per heavy atom. The number of ether oxygens (including phenoxy) is 2. The van der Waals surface area contributed by atoms with Gasteiger partial charge >= 0.3 is 6.03 Å². The smallest absolute Gasteiger partial charge is 0.327 e. The highest BCUT2D eigenvalue weighted by Crippen LogP contribution is 2.40.